The normalized spacial score (nSPS) is 12.6. The summed E-state index contributed by atoms with van der Waals surface area (Å²) < 4.78 is 12.9. The van der Waals surface area contributed by atoms with Crippen LogP contribution in [0.3, 0.4) is 0 Å². The van der Waals surface area contributed by atoms with Gasteiger partial charge in [0.2, 0.25) is 0 Å². The van der Waals surface area contributed by atoms with E-state index in [1.54, 1.807) is 0 Å². The molecule has 0 amide bonds. The van der Waals surface area contributed by atoms with Crippen LogP contribution in [0.25, 0.3) is 0 Å². The number of halogens is 1. The Morgan fingerprint density at radius 3 is 2.30 bits per heavy atom. The Hall–Kier alpha value is -1.71. The first-order chi connectivity index (χ1) is 9.69. The SMILES string of the molecule is CNC(CN(C)Cc1ccc(F)cc1)c1ccccc1. The molecular weight excluding hydrogens is 251 g/mol. The molecule has 0 spiro atoms. The zero-order valence-electron chi connectivity index (χ0n) is 12.0. The molecule has 2 aromatic rings. The van der Waals surface area contributed by atoms with E-state index in [0.717, 1.165) is 18.7 Å². The number of hydrogen-bond donors (Lipinski definition) is 1. The highest BCUT2D eigenvalue weighted by molar-refractivity contribution is 5.20. The number of benzene rings is 2. The molecule has 0 aromatic heterocycles. The third-order valence-corrected chi connectivity index (χ3v) is 3.41. The van der Waals surface area contributed by atoms with Gasteiger partial charge in [-0.25, -0.2) is 4.39 Å². The fourth-order valence-electron chi connectivity index (χ4n) is 2.33. The first kappa shape index (κ1) is 14.7. The molecule has 2 nitrogen and oxygen atoms in total. The molecule has 106 valence electrons. The van der Waals surface area contributed by atoms with Crippen LogP contribution in [0, 0.1) is 5.82 Å². The monoisotopic (exact) mass is 272 g/mol. The number of nitrogens with zero attached hydrogens (tertiary/aromatic N) is 1. The summed E-state index contributed by atoms with van der Waals surface area (Å²) in [6, 6.07) is 17.4. The lowest BCUT2D eigenvalue weighted by atomic mass is 10.1. The van der Waals surface area contributed by atoms with Gasteiger partial charge in [-0.2, -0.15) is 0 Å². The highest BCUT2D eigenvalue weighted by atomic mass is 19.1. The minimum atomic E-state index is -0.186. The van der Waals surface area contributed by atoms with E-state index in [2.05, 4.69) is 41.5 Å². The van der Waals surface area contributed by atoms with Gasteiger partial charge in [0, 0.05) is 19.1 Å². The average Bonchev–Trinajstić information content (AvgIpc) is 2.48. The molecule has 2 rings (SSSR count). The van der Waals surface area contributed by atoms with Crippen LogP contribution in [0.5, 0.6) is 0 Å². The largest absolute Gasteiger partial charge is 0.312 e. The Labute approximate surface area is 120 Å². The van der Waals surface area contributed by atoms with E-state index < -0.39 is 0 Å². The maximum absolute atomic E-state index is 12.9. The summed E-state index contributed by atoms with van der Waals surface area (Å²) in [4.78, 5) is 2.24. The van der Waals surface area contributed by atoms with Crippen LogP contribution in [-0.2, 0) is 6.54 Å². The van der Waals surface area contributed by atoms with Gasteiger partial charge in [-0.3, -0.25) is 0 Å². The van der Waals surface area contributed by atoms with Crippen molar-refractivity contribution in [3.63, 3.8) is 0 Å². The second kappa shape index (κ2) is 7.17. The van der Waals surface area contributed by atoms with Gasteiger partial charge in [0.05, 0.1) is 0 Å². The molecule has 0 aliphatic carbocycles. The van der Waals surface area contributed by atoms with Crippen LogP contribution in [0.15, 0.2) is 54.6 Å². The topological polar surface area (TPSA) is 15.3 Å². The molecule has 0 aliphatic heterocycles. The van der Waals surface area contributed by atoms with Crippen molar-refractivity contribution in [1.82, 2.24) is 10.2 Å². The predicted molar refractivity (Wildman–Crippen MR) is 81.0 cm³/mol. The smallest absolute Gasteiger partial charge is 0.123 e. The van der Waals surface area contributed by atoms with Crippen LogP contribution >= 0.6 is 0 Å². The molecule has 1 unspecified atom stereocenters. The molecule has 0 radical (unpaired) electrons. The zero-order chi connectivity index (χ0) is 14.4. The van der Waals surface area contributed by atoms with Crippen LogP contribution in [0.4, 0.5) is 4.39 Å². The number of rotatable bonds is 6. The third-order valence-electron chi connectivity index (χ3n) is 3.41. The second-order valence-electron chi connectivity index (χ2n) is 5.08. The predicted octanol–water partition coefficient (Wildman–Crippen LogP) is 3.22. The Balaban J connectivity index is 1.95. The Morgan fingerprint density at radius 2 is 1.70 bits per heavy atom. The standard InChI is InChI=1S/C17H21FN2/c1-19-17(15-6-4-3-5-7-15)13-20(2)12-14-8-10-16(18)11-9-14/h3-11,17,19H,12-13H2,1-2H3. The lowest BCUT2D eigenvalue weighted by Gasteiger charge is -2.24. The molecule has 0 saturated heterocycles. The Morgan fingerprint density at radius 1 is 1.05 bits per heavy atom. The Kier molecular flexibility index (Phi) is 5.27. The fourth-order valence-corrected chi connectivity index (χ4v) is 2.33. The first-order valence-corrected chi connectivity index (χ1v) is 6.84. The summed E-state index contributed by atoms with van der Waals surface area (Å²) in [5, 5.41) is 3.34. The van der Waals surface area contributed by atoms with E-state index in [1.807, 2.05) is 25.2 Å². The van der Waals surface area contributed by atoms with Crippen LogP contribution in [-0.4, -0.2) is 25.5 Å². The molecule has 0 fully saturated rings. The maximum atomic E-state index is 12.9. The van der Waals surface area contributed by atoms with Gasteiger partial charge in [-0.1, -0.05) is 42.5 Å². The zero-order valence-corrected chi connectivity index (χ0v) is 12.0. The fraction of sp³-hybridized carbons (Fsp3) is 0.294. The minimum absolute atomic E-state index is 0.186. The van der Waals surface area contributed by atoms with E-state index in [-0.39, 0.29) is 5.82 Å². The summed E-state index contributed by atoms with van der Waals surface area (Å²) in [5.41, 5.74) is 2.40. The van der Waals surface area contributed by atoms with Crippen LogP contribution in [0.2, 0.25) is 0 Å². The van der Waals surface area contributed by atoms with Gasteiger partial charge in [0.15, 0.2) is 0 Å². The number of likely N-dealkylation sites (N-methyl/N-ethyl adjacent to an activating group) is 2. The molecular formula is C17H21FN2. The number of nitrogens with one attached hydrogen (secondary N) is 1. The molecule has 1 atom stereocenters. The van der Waals surface area contributed by atoms with Crippen molar-refractivity contribution in [2.75, 3.05) is 20.6 Å². The van der Waals surface area contributed by atoms with Gasteiger partial charge >= 0.3 is 0 Å². The molecule has 0 saturated carbocycles. The molecule has 0 bridgehead atoms. The quantitative estimate of drug-likeness (QED) is 0.868. The summed E-state index contributed by atoms with van der Waals surface area (Å²) in [6.45, 7) is 1.71. The first-order valence-electron chi connectivity index (χ1n) is 6.84. The van der Waals surface area contributed by atoms with Crippen molar-refractivity contribution >= 4 is 0 Å². The van der Waals surface area contributed by atoms with Gasteiger partial charge < -0.3 is 10.2 Å². The molecule has 0 aliphatic rings. The molecule has 1 N–H and O–H groups in total. The molecule has 0 heterocycles. The second-order valence-corrected chi connectivity index (χ2v) is 5.08. The van der Waals surface area contributed by atoms with Crippen LogP contribution < -0.4 is 5.32 Å². The molecule has 20 heavy (non-hydrogen) atoms. The van der Waals surface area contributed by atoms with Gasteiger partial charge in [0.25, 0.3) is 0 Å². The van der Waals surface area contributed by atoms with Crippen molar-refractivity contribution in [3.8, 4) is 0 Å². The lowest BCUT2D eigenvalue weighted by molar-refractivity contribution is 0.289. The highest BCUT2D eigenvalue weighted by Crippen LogP contribution is 2.14. The van der Waals surface area contributed by atoms with E-state index >= 15 is 0 Å². The summed E-state index contributed by atoms with van der Waals surface area (Å²) in [7, 11) is 4.06. The van der Waals surface area contributed by atoms with Crippen molar-refractivity contribution < 1.29 is 4.39 Å². The van der Waals surface area contributed by atoms with Crippen molar-refractivity contribution in [1.29, 1.82) is 0 Å². The van der Waals surface area contributed by atoms with Crippen molar-refractivity contribution in [2.24, 2.45) is 0 Å². The minimum Gasteiger partial charge on any atom is -0.312 e. The summed E-state index contributed by atoms with van der Waals surface area (Å²) in [5.74, 6) is -0.186. The van der Waals surface area contributed by atoms with E-state index in [1.165, 1.54) is 17.7 Å². The van der Waals surface area contributed by atoms with Gasteiger partial charge in [0.1, 0.15) is 5.82 Å². The molecule has 2 aromatic carbocycles. The third kappa shape index (κ3) is 4.15. The maximum Gasteiger partial charge on any atom is 0.123 e. The van der Waals surface area contributed by atoms with Crippen molar-refractivity contribution in [2.45, 2.75) is 12.6 Å². The van der Waals surface area contributed by atoms with E-state index in [4.69, 9.17) is 0 Å². The van der Waals surface area contributed by atoms with E-state index in [0.29, 0.717) is 6.04 Å². The van der Waals surface area contributed by atoms with Crippen LogP contribution in [0.1, 0.15) is 17.2 Å². The lowest BCUT2D eigenvalue weighted by Crippen LogP contribution is -2.30. The van der Waals surface area contributed by atoms with Gasteiger partial charge in [-0.15, -0.1) is 0 Å². The number of hydrogen-bond acceptors (Lipinski definition) is 2. The van der Waals surface area contributed by atoms with E-state index in [9.17, 15) is 4.39 Å². The summed E-state index contributed by atoms with van der Waals surface area (Å²) in [6.07, 6.45) is 0. The molecule has 3 heteroatoms. The summed E-state index contributed by atoms with van der Waals surface area (Å²) >= 11 is 0. The average molecular weight is 272 g/mol. The van der Waals surface area contributed by atoms with Gasteiger partial charge in [-0.05, 0) is 37.4 Å². The highest BCUT2D eigenvalue weighted by Gasteiger charge is 2.11. The Bertz CT molecular complexity index is 510. The van der Waals surface area contributed by atoms with Crippen molar-refractivity contribution in [3.05, 3.63) is 71.5 Å².